The van der Waals surface area contributed by atoms with E-state index < -0.39 is 5.41 Å². The van der Waals surface area contributed by atoms with Gasteiger partial charge < -0.3 is 19.0 Å². The van der Waals surface area contributed by atoms with E-state index in [0.29, 0.717) is 0 Å². The average Bonchev–Trinajstić information content (AvgIpc) is 1.50. The van der Waals surface area contributed by atoms with Gasteiger partial charge in [0.05, 0.1) is 16.8 Å². The summed E-state index contributed by atoms with van der Waals surface area (Å²) in [5, 5.41) is 4.59. The molecule has 0 fully saturated rings. The Bertz CT molecular complexity index is 4740. The van der Waals surface area contributed by atoms with Crippen molar-refractivity contribution in [3.8, 4) is 22.6 Å². The lowest BCUT2D eigenvalue weighted by molar-refractivity contribution is 0.481. The van der Waals surface area contributed by atoms with Gasteiger partial charge in [-0.2, -0.15) is 0 Å². The van der Waals surface area contributed by atoms with Crippen LogP contribution in [0.15, 0.2) is 247 Å². The smallest absolute Gasteiger partial charge is 0.160 e. The number of hydrogen-bond acceptors (Lipinski definition) is 5. The number of para-hydroxylation sites is 3. The first-order valence-corrected chi connectivity index (χ1v) is 31.9. The highest BCUT2D eigenvalue weighted by Crippen LogP contribution is 2.65. The minimum Gasteiger partial charge on any atom is -0.457 e. The van der Waals surface area contributed by atoms with E-state index >= 15 is 0 Å². The molecule has 1 unspecified atom stereocenters. The molecule has 0 amide bonds. The van der Waals surface area contributed by atoms with Crippen molar-refractivity contribution in [1.82, 2.24) is 0 Å². The van der Waals surface area contributed by atoms with E-state index in [0.717, 1.165) is 78.7 Å². The standard InChI is InChI=1S/C83H76N2O2S/c1-79(2,3)53-31-33-57(34-32-53)83(58-41-49-64(50-42-58)86-63-47-39-56(40-48-63)82(10,11)12)67-52-70(85(60-25-17-14-18-26-60)62-45-37-55(38-46-62)81(7,8)9)77-74(65-27-19-21-29-71(65)87-77)75(67)76-68(83)51-69(73-66-28-20-22-30-72(66)88-78(73)76)84(59-23-15-13-16-24-59)61-43-35-54(36-44-61)80(4,5)6/h13-52H,1-12H3. The zero-order valence-corrected chi connectivity index (χ0v) is 53.5. The third-order valence-electron chi connectivity index (χ3n) is 18.2. The van der Waals surface area contributed by atoms with Crippen LogP contribution in [-0.4, -0.2) is 0 Å². The van der Waals surface area contributed by atoms with Crippen LogP contribution in [0.5, 0.6) is 11.5 Å². The molecule has 88 heavy (non-hydrogen) atoms. The fourth-order valence-corrected chi connectivity index (χ4v) is 14.8. The second-order valence-corrected chi connectivity index (χ2v) is 29.2. The highest BCUT2D eigenvalue weighted by atomic mass is 32.1. The molecule has 11 aromatic carbocycles. The zero-order valence-electron chi connectivity index (χ0n) is 52.7. The van der Waals surface area contributed by atoms with Crippen LogP contribution in [0.1, 0.15) is 128 Å². The molecule has 0 spiro atoms. The third kappa shape index (κ3) is 9.58. The number of nitrogens with zero attached hydrogens (tertiary/aromatic N) is 2. The van der Waals surface area contributed by atoms with E-state index in [9.17, 15) is 0 Å². The van der Waals surface area contributed by atoms with E-state index in [1.54, 1.807) is 0 Å². The number of furan rings is 1. The van der Waals surface area contributed by atoms with Crippen LogP contribution in [0.2, 0.25) is 0 Å². The molecule has 0 saturated carbocycles. The Morgan fingerprint density at radius 2 is 0.750 bits per heavy atom. The maximum Gasteiger partial charge on any atom is 0.160 e. The van der Waals surface area contributed by atoms with Gasteiger partial charge in [0.25, 0.3) is 0 Å². The highest BCUT2D eigenvalue weighted by molar-refractivity contribution is 7.26. The second-order valence-electron chi connectivity index (χ2n) is 28.2. The summed E-state index contributed by atoms with van der Waals surface area (Å²) in [7, 11) is 0. The van der Waals surface area contributed by atoms with Crippen LogP contribution in [0.3, 0.4) is 0 Å². The molecule has 0 N–H and O–H groups in total. The Kier molecular flexibility index (Phi) is 13.5. The number of fused-ring (bicyclic) bond motifs is 11. The van der Waals surface area contributed by atoms with Gasteiger partial charge in [0.1, 0.15) is 17.1 Å². The fraction of sp³-hybridized carbons (Fsp3) is 0.205. The van der Waals surface area contributed by atoms with Gasteiger partial charge in [-0.25, -0.2) is 0 Å². The molecule has 13 aromatic rings. The molecule has 1 atom stereocenters. The molecule has 4 nitrogen and oxygen atoms in total. The van der Waals surface area contributed by atoms with Crippen molar-refractivity contribution in [1.29, 1.82) is 0 Å². The normalized spacial score (nSPS) is 14.4. The second kappa shape index (κ2) is 21.0. The molecule has 2 aromatic heterocycles. The van der Waals surface area contributed by atoms with E-state index in [4.69, 9.17) is 9.15 Å². The molecule has 0 saturated heterocycles. The molecule has 0 bridgehead atoms. The number of hydrogen-bond donors (Lipinski definition) is 0. The minimum atomic E-state index is -0.939. The van der Waals surface area contributed by atoms with Gasteiger partial charge in [-0.15, -0.1) is 11.3 Å². The summed E-state index contributed by atoms with van der Waals surface area (Å²) in [6.07, 6.45) is 0. The van der Waals surface area contributed by atoms with Crippen molar-refractivity contribution >= 4 is 87.6 Å². The third-order valence-corrected chi connectivity index (χ3v) is 19.4. The topological polar surface area (TPSA) is 28.9 Å². The summed E-state index contributed by atoms with van der Waals surface area (Å²) in [5.74, 6) is 1.57. The number of anilines is 6. The number of rotatable bonds is 10. The summed E-state index contributed by atoms with van der Waals surface area (Å²) < 4.78 is 16.7. The summed E-state index contributed by atoms with van der Waals surface area (Å²) >= 11 is 1.90. The maximum absolute atomic E-state index is 7.48. The molecule has 1 aliphatic rings. The Labute approximate surface area is 523 Å². The summed E-state index contributed by atoms with van der Waals surface area (Å²) in [6.45, 7) is 27.4. The lowest BCUT2D eigenvalue weighted by atomic mass is 9.67. The van der Waals surface area contributed by atoms with E-state index in [1.165, 1.54) is 64.7 Å². The van der Waals surface area contributed by atoms with Crippen molar-refractivity contribution in [2.24, 2.45) is 0 Å². The zero-order chi connectivity index (χ0) is 61.1. The van der Waals surface area contributed by atoms with Crippen LogP contribution in [0.4, 0.5) is 34.1 Å². The van der Waals surface area contributed by atoms with Crippen LogP contribution >= 0.6 is 11.3 Å². The van der Waals surface area contributed by atoms with Crippen molar-refractivity contribution < 1.29 is 9.15 Å². The van der Waals surface area contributed by atoms with E-state index in [1.807, 2.05) is 11.3 Å². The van der Waals surface area contributed by atoms with Gasteiger partial charge >= 0.3 is 0 Å². The van der Waals surface area contributed by atoms with Gasteiger partial charge in [0, 0.05) is 64.8 Å². The number of benzene rings is 11. The van der Waals surface area contributed by atoms with Crippen molar-refractivity contribution in [3.05, 3.63) is 287 Å². The molecular formula is C83H76N2O2S. The summed E-state index contributed by atoms with van der Waals surface area (Å²) in [6, 6.07) is 90.2. The predicted molar refractivity (Wildman–Crippen MR) is 375 cm³/mol. The fourth-order valence-electron chi connectivity index (χ4n) is 13.5. The molecule has 14 rings (SSSR count). The molecular weight excluding hydrogens is 1090 g/mol. The first-order chi connectivity index (χ1) is 42.2. The van der Waals surface area contributed by atoms with Gasteiger partial charge in [0.15, 0.2) is 5.58 Å². The molecule has 5 heteroatoms. The quantitative estimate of drug-likeness (QED) is 0.136. The first-order valence-electron chi connectivity index (χ1n) is 31.1. The Morgan fingerprint density at radius 1 is 0.364 bits per heavy atom. The minimum absolute atomic E-state index is 0.0208. The number of ether oxygens (including phenoxy) is 1. The van der Waals surface area contributed by atoms with Gasteiger partial charge in [-0.3, -0.25) is 0 Å². The van der Waals surface area contributed by atoms with Gasteiger partial charge in [-0.1, -0.05) is 229 Å². The number of thiophene rings is 1. The summed E-state index contributed by atoms with van der Waals surface area (Å²) in [5.41, 5.74) is 19.1. The van der Waals surface area contributed by atoms with Crippen LogP contribution < -0.4 is 14.5 Å². The first kappa shape index (κ1) is 56.6. The Morgan fingerprint density at radius 3 is 1.26 bits per heavy atom. The largest absolute Gasteiger partial charge is 0.457 e. The molecule has 1 aliphatic carbocycles. The molecule has 0 radical (unpaired) electrons. The molecule has 436 valence electrons. The van der Waals surface area contributed by atoms with Crippen LogP contribution in [-0.2, 0) is 27.1 Å². The van der Waals surface area contributed by atoms with Gasteiger partial charge in [-0.05, 0) is 163 Å². The maximum atomic E-state index is 7.48. The Hall–Kier alpha value is -9.16. The Balaban J connectivity index is 1.16. The van der Waals surface area contributed by atoms with Crippen LogP contribution in [0.25, 0.3) is 53.2 Å². The van der Waals surface area contributed by atoms with E-state index in [2.05, 4.69) is 336 Å². The summed E-state index contributed by atoms with van der Waals surface area (Å²) in [4.78, 5) is 4.94. The molecule has 0 aliphatic heterocycles. The van der Waals surface area contributed by atoms with Crippen molar-refractivity contribution in [2.45, 2.75) is 110 Å². The van der Waals surface area contributed by atoms with Gasteiger partial charge in [0.2, 0.25) is 0 Å². The lowest BCUT2D eigenvalue weighted by Gasteiger charge is -2.36. The monoisotopic (exact) mass is 1160 g/mol. The SMILES string of the molecule is CC(C)(C)c1ccc(Oc2ccc(C3(c4ccc(C(C)(C)C)cc4)c4cc(N(c5ccccc5)c5ccc(C(C)(C)C)cc5)c5c(sc6ccccc65)c4-c4c3cc(N(c3ccccc3)c3ccc(C(C)(C)C)cc3)c3oc5ccccc5c43)cc2)cc1. The average molecular weight is 1170 g/mol. The lowest BCUT2D eigenvalue weighted by Crippen LogP contribution is -2.29. The van der Waals surface area contributed by atoms with Crippen molar-refractivity contribution in [3.63, 3.8) is 0 Å². The van der Waals surface area contributed by atoms with E-state index in [-0.39, 0.29) is 21.7 Å². The van der Waals surface area contributed by atoms with Crippen molar-refractivity contribution in [2.75, 3.05) is 9.80 Å². The predicted octanol–water partition coefficient (Wildman–Crippen LogP) is 24.2. The molecule has 2 heterocycles. The van der Waals surface area contributed by atoms with Crippen LogP contribution in [0, 0.1) is 0 Å². The highest BCUT2D eigenvalue weighted by Gasteiger charge is 2.50.